The standard InChI is InChI=1S/C18H19ClN2O4S/c19-13-6-7-17(25-15-4-2-1-3-5-15)16(10-13)20-11-18(22)21-14-8-9-26(23,24)12-14/h1-7,10,14,20H,8-9,11-12H2,(H,21,22). The average molecular weight is 395 g/mol. The summed E-state index contributed by atoms with van der Waals surface area (Å²) in [6.45, 7) is -0.0119. The molecule has 3 rings (SSSR count). The summed E-state index contributed by atoms with van der Waals surface area (Å²) in [6, 6.07) is 14.0. The molecule has 1 amide bonds. The Morgan fingerprint density at radius 1 is 1.19 bits per heavy atom. The normalized spacial score (nSPS) is 18.3. The number of rotatable bonds is 6. The van der Waals surface area contributed by atoms with Gasteiger partial charge in [0.15, 0.2) is 15.6 Å². The third-order valence-electron chi connectivity index (χ3n) is 3.95. The van der Waals surface area contributed by atoms with Crippen molar-refractivity contribution in [1.82, 2.24) is 5.32 Å². The molecule has 1 unspecified atom stereocenters. The highest BCUT2D eigenvalue weighted by Gasteiger charge is 2.28. The molecule has 2 aromatic carbocycles. The maximum Gasteiger partial charge on any atom is 0.239 e. The van der Waals surface area contributed by atoms with Crippen LogP contribution in [0.3, 0.4) is 0 Å². The van der Waals surface area contributed by atoms with Crippen molar-refractivity contribution in [2.75, 3.05) is 23.4 Å². The van der Waals surface area contributed by atoms with Crippen LogP contribution in [0.4, 0.5) is 5.69 Å². The maximum absolute atomic E-state index is 12.1. The molecule has 1 aliphatic rings. The Balaban J connectivity index is 1.62. The van der Waals surface area contributed by atoms with E-state index in [1.54, 1.807) is 18.2 Å². The summed E-state index contributed by atoms with van der Waals surface area (Å²) >= 11 is 6.04. The first-order valence-electron chi connectivity index (χ1n) is 8.17. The van der Waals surface area contributed by atoms with Gasteiger partial charge in [-0.3, -0.25) is 4.79 Å². The van der Waals surface area contributed by atoms with Gasteiger partial charge in [-0.25, -0.2) is 8.42 Å². The predicted molar refractivity (Wildman–Crippen MR) is 102 cm³/mol. The highest BCUT2D eigenvalue weighted by molar-refractivity contribution is 7.91. The quantitative estimate of drug-likeness (QED) is 0.787. The Hall–Kier alpha value is -2.25. The number of para-hydroxylation sites is 1. The highest BCUT2D eigenvalue weighted by atomic mass is 35.5. The zero-order valence-corrected chi connectivity index (χ0v) is 15.5. The van der Waals surface area contributed by atoms with E-state index in [0.717, 1.165) is 0 Å². The van der Waals surface area contributed by atoms with Gasteiger partial charge in [0, 0.05) is 11.1 Å². The minimum Gasteiger partial charge on any atom is -0.455 e. The number of nitrogens with one attached hydrogen (secondary N) is 2. The minimum absolute atomic E-state index is 0.00171. The van der Waals surface area contributed by atoms with Gasteiger partial charge in [-0.15, -0.1) is 0 Å². The first kappa shape index (κ1) is 18.5. The predicted octanol–water partition coefficient (Wildman–Crippen LogP) is 2.85. The minimum atomic E-state index is -3.03. The molecule has 0 aromatic heterocycles. The SMILES string of the molecule is O=C(CNc1cc(Cl)ccc1Oc1ccccc1)NC1CCS(=O)(=O)C1. The molecular weight excluding hydrogens is 376 g/mol. The molecule has 0 saturated carbocycles. The lowest BCUT2D eigenvalue weighted by Crippen LogP contribution is -2.39. The summed E-state index contributed by atoms with van der Waals surface area (Å²) in [4.78, 5) is 12.1. The van der Waals surface area contributed by atoms with Gasteiger partial charge in [0.25, 0.3) is 0 Å². The van der Waals surface area contributed by atoms with Crippen molar-refractivity contribution >= 4 is 33.0 Å². The van der Waals surface area contributed by atoms with Crippen LogP contribution in [0, 0.1) is 0 Å². The third kappa shape index (κ3) is 5.12. The number of ether oxygens (including phenoxy) is 1. The fourth-order valence-electron chi connectivity index (χ4n) is 2.71. The lowest BCUT2D eigenvalue weighted by molar-refractivity contribution is -0.119. The van der Waals surface area contributed by atoms with Crippen molar-refractivity contribution in [2.45, 2.75) is 12.5 Å². The molecule has 1 fully saturated rings. The number of carbonyl (C=O) groups is 1. The molecular formula is C18H19ClN2O4S. The molecule has 2 N–H and O–H groups in total. The van der Waals surface area contributed by atoms with Gasteiger partial charge in [-0.1, -0.05) is 29.8 Å². The van der Waals surface area contributed by atoms with E-state index < -0.39 is 9.84 Å². The van der Waals surface area contributed by atoms with Gasteiger partial charge in [-0.2, -0.15) is 0 Å². The Morgan fingerprint density at radius 2 is 1.96 bits per heavy atom. The number of benzene rings is 2. The molecule has 0 aliphatic carbocycles. The Kier molecular flexibility index (Phi) is 5.68. The van der Waals surface area contributed by atoms with Gasteiger partial charge in [0.1, 0.15) is 5.75 Å². The summed E-state index contributed by atoms with van der Waals surface area (Å²) in [6.07, 6.45) is 0.452. The van der Waals surface area contributed by atoms with Crippen LogP contribution >= 0.6 is 11.6 Å². The zero-order valence-electron chi connectivity index (χ0n) is 13.9. The summed E-state index contributed by atoms with van der Waals surface area (Å²) in [5.74, 6) is 1.04. The van der Waals surface area contributed by atoms with Crippen molar-refractivity contribution in [3.8, 4) is 11.5 Å². The van der Waals surface area contributed by atoms with Crippen LogP contribution < -0.4 is 15.4 Å². The monoisotopic (exact) mass is 394 g/mol. The molecule has 138 valence electrons. The number of hydrogen-bond acceptors (Lipinski definition) is 5. The van der Waals surface area contributed by atoms with Crippen LogP contribution in [-0.2, 0) is 14.6 Å². The van der Waals surface area contributed by atoms with E-state index >= 15 is 0 Å². The van der Waals surface area contributed by atoms with E-state index in [1.807, 2.05) is 30.3 Å². The van der Waals surface area contributed by atoms with Gasteiger partial charge >= 0.3 is 0 Å². The van der Waals surface area contributed by atoms with Crippen molar-refractivity contribution in [2.24, 2.45) is 0 Å². The summed E-state index contributed by atoms with van der Waals surface area (Å²) in [5.41, 5.74) is 0.579. The summed E-state index contributed by atoms with van der Waals surface area (Å²) in [5, 5.41) is 6.24. The first-order chi connectivity index (χ1) is 12.4. The molecule has 2 aromatic rings. The fraction of sp³-hybridized carbons (Fsp3) is 0.278. The topological polar surface area (TPSA) is 84.5 Å². The molecule has 6 nitrogen and oxygen atoms in total. The molecule has 1 aliphatic heterocycles. The van der Waals surface area contributed by atoms with Crippen molar-refractivity contribution in [3.63, 3.8) is 0 Å². The van der Waals surface area contributed by atoms with Crippen LogP contribution in [0.25, 0.3) is 0 Å². The van der Waals surface area contributed by atoms with Gasteiger partial charge in [-0.05, 0) is 36.8 Å². The Labute approximate surface area is 157 Å². The lowest BCUT2D eigenvalue weighted by Gasteiger charge is -2.15. The Morgan fingerprint density at radius 3 is 2.65 bits per heavy atom. The van der Waals surface area contributed by atoms with Crippen LogP contribution in [0.2, 0.25) is 5.02 Å². The second-order valence-corrected chi connectivity index (χ2v) is 8.74. The summed E-state index contributed by atoms with van der Waals surface area (Å²) in [7, 11) is -3.03. The number of sulfone groups is 1. The average Bonchev–Trinajstić information content (AvgIpc) is 2.94. The van der Waals surface area contributed by atoms with Gasteiger partial charge in [0.05, 0.1) is 23.7 Å². The van der Waals surface area contributed by atoms with E-state index in [2.05, 4.69) is 10.6 Å². The molecule has 0 spiro atoms. The van der Waals surface area contributed by atoms with Crippen molar-refractivity contribution in [3.05, 3.63) is 53.6 Å². The summed E-state index contributed by atoms with van der Waals surface area (Å²) < 4.78 is 28.7. The molecule has 0 radical (unpaired) electrons. The second-order valence-electron chi connectivity index (χ2n) is 6.08. The zero-order chi connectivity index (χ0) is 18.6. The third-order valence-corrected chi connectivity index (χ3v) is 5.95. The lowest BCUT2D eigenvalue weighted by atomic mass is 10.2. The first-order valence-corrected chi connectivity index (χ1v) is 10.4. The van der Waals surface area contributed by atoms with Crippen molar-refractivity contribution in [1.29, 1.82) is 0 Å². The number of hydrogen-bond donors (Lipinski definition) is 2. The van der Waals surface area contributed by atoms with Gasteiger partial charge < -0.3 is 15.4 Å². The van der Waals surface area contributed by atoms with Crippen molar-refractivity contribution < 1.29 is 17.9 Å². The number of carbonyl (C=O) groups excluding carboxylic acids is 1. The molecule has 1 atom stereocenters. The molecule has 1 saturated heterocycles. The van der Waals surface area contributed by atoms with Crippen LogP contribution in [-0.4, -0.2) is 38.4 Å². The smallest absolute Gasteiger partial charge is 0.239 e. The van der Waals surface area contributed by atoms with E-state index in [9.17, 15) is 13.2 Å². The number of amides is 1. The van der Waals surface area contributed by atoms with E-state index in [-0.39, 0.29) is 30.0 Å². The fourth-order valence-corrected chi connectivity index (χ4v) is 4.55. The molecule has 1 heterocycles. The van der Waals surface area contributed by atoms with E-state index in [0.29, 0.717) is 28.6 Å². The maximum atomic E-state index is 12.1. The molecule has 26 heavy (non-hydrogen) atoms. The second kappa shape index (κ2) is 7.97. The molecule has 0 bridgehead atoms. The number of halogens is 1. The number of anilines is 1. The van der Waals surface area contributed by atoms with E-state index in [1.165, 1.54) is 0 Å². The Bertz CT molecular complexity index is 887. The highest BCUT2D eigenvalue weighted by Crippen LogP contribution is 2.31. The largest absolute Gasteiger partial charge is 0.455 e. The van der Waals surface area contributed by atoms with Crippen LogP contribution in [0.15, 0.2) is 48.5 Å². The van der Waals surface area contributed by atoms with E-state index in [4.69, 9.17) is 16.3 Å². The van der Waals surface area contributed by atoms with Crippen LogP contribution in [0.1, 0.15) is 6.42 Å². The van der Waals surface area contributed by atoms with Crippen LogP contribution in [0.5, 0.6) is 11.5 Å². The molecule has 8 heteroatoms. The van der Waals surface area contributed by atoms with Gasteiger partial charge in [0.2, 0.25) is 5.91 Å².